The van der Waals surface area contributed by atoms with Crippen LogP contribution in [0.15, 0.2) is 0 Å². The Hall–Kier alpha value is 0.540. The second kappa shape index (κ2) is 14.0. The molecule has 0 saturated heterocycles. The number of unbranched alkanes of at least 4 members (excludes halogenated alkanes) is 7. The Bertz CT molecular complexity index is 161. The number of ether oxygens (including phenoxy) is 1. The summed E-state index contributed by atoms with van der Waals surface area (Å²) in [5.74, 6) is 0.983. The highest BCUT2D eigenvalue weighted by atomic mass is 35.5. The third kappa shape index (κ3) is 11.6. The molecule has 0 saturated carbocycles. The zero-order valence-corrected chi connectivity index (χ0v) is 13.6. The van der Waals surface area contributed by atoms with Crippen LogP contribution in [0.2, 0.25) is 0 Å². The van der Waals surface area contributed by atoms with E-state index in [2.05, 4.69) is 13.8 Å². The van der Waals surface area contributed by atoms with Gasteiger partial charge in [-0.15, -0.1) is 23.2 Å². The van der Waals surface area contributed by atoms with Crippen molar-refractivity contribution >= 4 is 23.2 Å². The summed E-state index contributed by atoms with van der Waals surface area (Å²) in [5.41, 5.74) is 0. The van der Waals surface area contributed by atoms with Crippen LogP contribution in [0.3, 0.4) is 0 Å². The van der Waals surface area contributed by atoms with Crippen LogP contribution in [0.25, 0.3) is 0 Å². The molecule has 1 atom stereocenters. The van der Waals surface area contributed by atoms with Gasteiger partial charge in [0.15, 0.2) is 0 Å². The number of alkyl halides is 2. The molecule has 0 aromatic heterocycles. The highest BCUT2D eigenvalue weighted by Gasteiger charge is 2.10. The summed E-state index contributed by atoms with van der Waals surface area (Å²) in [6.45, 7) is 4.38. The third-order valence-electron chi connectivity index (χ3n) is 3.23. The molecular weight excluding hydrogens is 267 g/mol. The van der Waals surface area contributed by atoms with Gasteiger partial charge in [0.1, 0.15) is 0 Å². The van der Waals surface area contributed by atoms with Crippen molar-refractivity contribution < 1.29 is 4.74 Å². The normalized spacial score (nSPS) is 13.2. The summed E-state index contributed by atoms with van der Waals surface area (Å²) >= 11 is 11.5. The lowest BCUT2D eigenvalue weighted by molar-refractivity contribution is 0.0167. The van der Waals surface area contributed by atoms with Crippen molar-refractivity contribution in [2.75, 3.05) is 11.8 Å². The maximum atomic E-state index is 5.75. The van der Waals surface area contributed by atoms with Crippen LogP contribution in [-0.2, 0) is 4.74 Å². The van der Waals surface area contributed by atoms with E-state index >= 15 is 0 Å². The molecule has 0 heterocycles. The van der Waals surface area contributed by atoms with Gasteiger partial charge in [0.25, 0.3) is 0 Å². The van der Waals surface area contributed by atoms with Crippen molar-refractivity contribution in [3.63, 3.8) is 0 Å². The van der Waals surface area contributed by atoms with Crippen molar-refractivity contribution in [1.82, 2.24) is 0 Å². The maximum Gasteiger partial charge on any atom is 0.0849 e. The van der Waals surface area contributed by atoms with Crippen molar-refractivity contribution in [3.05, 3.63) is 0 Å². The molecule has 0 radical (unpaired) electrons. The van der Waals surface area contributed by atoms with Crippen LogP contribution in [0.1, 0.15) is 71.6 Å². The van der Waals surface area contributed by atoms with Gasteiger partial charge in [0.05, 0.1) is 12.2 Å². The van der Waals surface area contributed by atoms with Crippen LogP contribution in [-0.4, -0.2) is 24.0 Å². The van der Waals surface area contributed by atoms with E-state index < -0.39 is 0 Å². The lowest BCUT2D eigenvalue weighted by atomic mass is 10.1. The average molecular weight is 297 g/mol. The van der Waals surface area contributed by atoms with Crippen molar-refractivity contribution in [2.24, 2.45) is 0 Å². The third-order valence-corrected chi connectivity index (χ3v) is 3.92. The predicted octanol–water partition coefficient (Wildman–Crippen LogP) is 5.77. The van der Waals surface area contributed by atoms with Crippen molar-refractivity contribution in [1.29, 1.82) is 0 Å². The fourth-order valence-electron chi connectivity index (χ4n) is 2.08. The summed E-state index contributed by atoms with van der Waals surface area (Å²) in [7, 11) is 0. The number of rotatable bonds is 13. The van der Waals surface area contributed by atoms with Gasteiger partial charge in [-0.05, 0) is 13.3 Å². The average Bonchev–Trinajstić information content (AvgIpc) is 2.39. The molecule has 0 N–H and O–H groups in total. The standard InChI is InChI=1S/C15H30Cl2O/c1-3-4-5-6-7-8-9-10-11-14(2)18-15(12-16)13-17/h14-15H,3-13H2,1-2H3. The summed E-state index contributed by atoms with van der Waals surface area (Å²) in [6.07, 6.45) is 12.3. The zero-order valence-electron chi connectivity index (χ0n) is 12.1. The molecule has 0 fully saturated rings. The molecule has 1 unspecified atom stereocenters. The molecule has 0 aliphatic rings. The lowest BCUT2D eigenvalue weighted by Gasteiger charge is -2.18. The van der Waals surface area contributed by atoms with E-state index in [0.717, 1.165) is 6.42 Å². The first kappa shape index (κ1) is 18.5. The highest BCUT2D eigenvalue weighted by molar-refractivity contribution is 6.21. The Labute approximate surface area is 124 Å². The van der Waals surface area contributed by atoms with Gasteiger partial charge in [-0.1, -0.05) is 58.3 Å². The molecule has 18 heavy (non-hydrogen) atoms. The SMILES string of the molecule is CCCCCCCCCCC(C)OC(CCl)CCl. The van der Waals surface area contributed by atoms with E-state index in [1.54, 1.807) is 0 Å². The van der Waals surface area contributed by atoms with E-state index in [0.29, 0.717) is 11.8 Å². The minimum Gasteiger partial charge on any atom is -0.373 e. The van der Waals surface area contributed by atoms with Gasteiger partial charge < -0.3 is 4.74 Å². The quantitative estimate of drug-likeness (QED) is 0.310. The van der Waals surface area contributed by atoms with Gasteiger partial charge in [0, 0.05) is 11.8 Å². The minimum atomic E-state index is 0.0115. The van der Waals surface area contributed by atoms with E-state index in [1.807, 2.05) is 0 Å². The largest absolute Gasteiger partial charge is 0.373 e. The van der Waals surface area contributed by atoms with Crippen LogP contribution in [0.5, 0.6) is 0 Å². The molecule has 0 aliphatic heterocycles. The Morgan fingerprint density at radius 2 is 1.33 bits per heavy atom. The maximum absolute atomic E-state index is 5.75. The van der Waals surface area contributed by atoms with Gasteiger partial charge >= 0.3 is 0 Å². The first-order valence-electron chi connectivity index (χ1n) is 7.52. The number of hydrogen-bond acceptors (Lipinski definition) is 1. The summed E-state index contributed by atoms with van der Waals surface area (Å²) < 4.78 is 5.74. The predicted molar refractivity (Wildman–Crippen MR) is 83.0 cm³/mol. The number of halogens is 2. The summed E-state index contributed by atoms with van der Waals surface area (Å²) in [5, 5.41) is 0. The monoisotopic (exact) mass is 296 g/mol. The van der Waals surface area contributed by atoms with Gasteiger partial charge in [-0.2, -0.15) is 0 Å². The van der Waals surface area contributed by atoms with Crippen LogP contribution < -0.4 is 0 Å². The Morgan fingerprint density at radius 1 is 0.833 bits per heavy atom. The molecule has 0 aromatic carbocycles. The molecule has 0 spiro atoms. The molecule has 0 bridgehead atoms. The fourth-order valence-corrected chi connectivity index (χ4v) is 2.55. The van der Waals surface area contributed by atoms with E-state index in [-0.39, 0.29) is 12.2 Å². The van der Waals surface area contributed by atoms with Gasteiger partial charge in [-0.3, -0.25) is 0 Å². The highest BCUT2D eigenvalue weighted by Crippen LogP contribution is 2.13. The molecule has 0 amide bonds. The van der Waals surface area contributed by atoms with Gasteiger partial charge in [0.2, 0.25) is 0 Å². The topological polar surface area (TPSA) is 9.23 Å². The number of hydrogen-bond donors (Lipinski definition) is 0. The van der Waals surface area contributed by atoms with Crippen molar-refractivity contribution in [3.8, 4) is 0 Å². The van der Waals surface area contributed by atoms with Crippen LogP contribution >= 0.6 is 23.2 Å². The first-order valence-corrected chi connectivity index (χ1v) is 8.58. The minimum absolute atomic E-state index is 0.0115. The van der Waals surface area contributed by atoms with E-state index in [1.165, 1.54) is 51.4 Å². The lowest BCUT2D eigenvalue weighted by Crippen LogP contribution is -2.22. The van der Waals surface area contributed by atoms with E-state index in [9.17, 15) is 0 Å². The summed E-state index contributed by atoms with van der Waals surface area (Å²) in [4.78, 5) is 0. The first-order chi connectivity index (χ1) is 8.74. The Morgan fingerprint density at radius 3 is 1.83 bits per heavy atom. The second-order valence-corrected chi connectivity index (χ2v) is 5.76. The molecule has 3 heteroatoms. The van der Waals surface area contributed by atoms with Gasteiger partial charge in [-0.25, -0.2) is 0 Å². The molecule has 1 nitrogen and oxygen atoms in total. The smallest absolute Gasteiger partial charge is 0.0849 e. The zero-order chi connectivity index (χ0) is 13.6. The van der Waals surface area contributed by atoms with Crippen LogP contribution in [0, 0.1) is 0 Å². The Kier molecular flexibility index (Phi) is 14.4. The molecule has 0 aromatic rings. The van der Waals surface area contributed by atoms with E-state index in [4.69, 9.17) is 27.9 Å². The molecular formula is C15H30Cl2O. The molecule has 110 valence electrons. The second-order valence-electron chi connectivity index (χ2n) is 5.14. The Balaban J connectivity index is 3.27. The van der Waals surface area contributed by atoms with Crippen LogP contribution in [0.4, 0.5) is 0 Å². The fraction of sp³-hybridized carbons (Fsp3) is 1.00. The summed E-state index contributed by atoms with van der Waals surface area (Å²) in [6, 6.07) is 0. The molecule has 0 rings (SSSR count). The molecule has 0 aliphatic carbocycles. The van der Waals surface area contributed by atoms with Crippen molar-refractivity contribution in [2.45, 2.75) is 83.8 Å².